The zero-order chi connectivity index (χ0) is 8.55. The third-order valence-electron chi connectivity index (χ3n) is 1.88. The number of aromatic nitrogens is 2. The Kier molecular flexibility index (Phi) is 2.07. The zero-order valence-electron chi connectivity index (χ0n) is 6.75. The van der Waals surface area contributed by atoms with Gasteiger partial charge in [-0.15, -0.1) is 22.9 Å². The first-order chi connectivity index (χ1) is 5.83. The Morgan fingerprint density at radius 3 is 3.25 bits per heavy atom. The van der Waals surface area contributed by atoms with Crippen LogP contribution in [0.15, 0.2) is 12.4 Å². The van der Waals surface area contributed by atoms with Gasteiger partial charge in [-0.2, -0.15) is 0 Å². The van der Waals surface area contributed by atoms with Crippen molar-refractivity contribution in [3.05, 3.63) is 23.0 Å². The number of rotatable bonds is 2. The van der Waals surface area contributed by atoms with Gasteiger partial charge in [-0.25, -0.2) is 4.98 Å². The van der Waals surface area contributed by atoms with Gasteiger partial charge >= 0.3 is 0 Å². The van der Waals surface area contributed by atoms with E-state index in [1.807, 2.05) is 12.4 Å². The highest BCUT2D eigenvalue weighted by Crippen LogP contribution is 2.21. The zero-order valence-corrected chi connectivity index (χ0v) is 8.32. The molecule has 4 heteroatoms. The van der Waals surface area contributed by atoms with Crippen molar-refractivity contribution in [2.24, 2.45) is 0 Å². The molecule has 0 radical (unpaired) electrons. The number of hydrogen-bond donors (Lipinski definition) is 0. The Morgan fingerprint density at radius 2 is 2.50 bits per heavy atom. The number of halogens is 1. The number of fused-ring (bicyclic) bond motifs is 1. The van der Waals surface area contributed by atoms with Crippen LogP contribution in [-0.4, -0.2) is 15.3 Å². The third-order valence-corrected chi connectivity index (χ3v) is 3.10. The van der Waals surface area contributed by atoms with Crippen molar-refractivity contribution in [1.82, 2.24) is 9.38 Å². The van der Waals surface area contributed by atoms with Crippen LogP contribution in [0.5, 0.6) is 0 Å². The number of alkyl halides is 1. The smallest absolute Gasteiger partial charge is 0.194 e. The van der Waals surface area contributed by atoms with Crippen LogP contribution in [0.25, 0.3) is 4.96 Å². The number of aryl methyl sites for hydroxylation is 2. The summed E-state index contributed by atoms with van der Waals surface area (Å²) in [6.45, 7) is 2.11. The minimum absolute atomic E-state index is 0.671. The van der Waals surface area contributed by atoms with E-state index in [4.69, 9.17) is 11.6 Å². The standard InChI is InChI=1S/C8H9ClN2S/c1-6-7(2-3-9)11-5-4-10-8(11)12-6/h4-5H,2-3H2,1H3. The van der Waals surface area contributed by atoms with Crippen LogP contribution in [0.3, 0.4) is 0 Å². The molecule has 2 aromatic heterocycles. The molecule has 0 saturated heterocycles. The first-order valence-electron chi connectivity index (χ1n) is 3.80. The molecule has 0 N–H and O–H groups in total. The lowest BCUT2D eigenvalue weighted by Gasteiger charge is -1.95. The molecule has 0 aliphatic carbocycles. The Morgan fingerprint density at radius 1 is 1.67 bits per heavy atom. The van der Waals surface area contributed by atoms with Crippen molar-refractivity contribution in [1.29, 1.82) is 0 Å². The van der Waals surface area contributed by atoms with E-state index in [-0.39, 0.29) is 0 Å². The predicted octanol–water partition coefficient (Wildman–Crippen LogP) is 2.49. The first kappa shape index (κ1) is 8.08. The summed E-state index contributed by atoms with van der Waals surface area (Å²) in [6, 6.07) is 0. The molecule has 0 spiro atoms. The van der Waals surface area contributed by atoms with E-state index in [1.165, 1.54) is 10.6 Å². The fourth-order valence-corrected chi connectivity index (χ4v) is 2.48. The van der Waals surface area contributed by atoms with E-state index >= 15 is 0 Å². The van der Waals surface area contributed by atoms with Gasteiger partial charge in [-0.05, 0) is 6.92 Å². The fraction of sp³-hybridized carbons (Fsp3) is 0.375. The van der Waals surface area contributed by atoms with Gasteiger partial charge in [0.1, 0.15) is 0 Å². The number of hydrogen-bond acceptors (Lipinski definition) is 2. The number of imidazole rings is 1. The predicted molar refractivity (Wildman–Crippen MR) is 52.2 cm³/mol. The summed E-state index contributed by atoms with van der Waals surface area (Å²) in [5.74, 6) is 0.671. The summed E-state index contributed by atoms with van der Waals surface area (Å²) in [5.41, 5.74) is 1.29. The van der Waals surface area contributed by atoms with Crippen molar-refractivity contribution in [3.8, 4) is 0 Å². The molecule has 64 valence electrons. The van der Waals surface area contributed by atoms with Crippen molar-refractivity contribution in [2.45, 2.75) is 13.3 Å². The largest absolute Gasteiger partial charge is 0.294 e. The molecule has 0 atom stereocenters. The second-order valence-electron chi connectivity index (χ2n) is 2.62. The van der Waals surface area contributed by atoms with Gasteiger partial charge in [0.15, 0.2) is 4.96 Å². The maximum atomic E-state index is 5.70. The number of nitrogens with zero attached hydrogens (tertiary/aromatic N) is 2. The second-order valence-corrected chi connectivity index (χ2v) is 4.18. The highest BCUT2D eigenvalue weighted by atomic mass is 35.5. The molecule has 0 amide bonds. The van der Waals surface area contributed by atoms with Crippen molar-refractivity contribution in [2.75, 3.05) is 5.88 Å². The van der Waals surface area contributed by atoms with E-state index in [2.05, 4.69) is 16.3 Å². The lowest BCUT2D eigenvalue weighted by Crippen LogP contribution is -1.92. The Bertz CT molecular complexity index is 391. The molecule has 0 fully saturated rings. The van der Waals surface area contributed by atoms with E-state index in [9.17, 15) is 0 Å². The monoisotopic (exact) mass is 200 g/mol. The summed E-state index contributed by atoms with van der Waals surface area (Å²) in [4.78, 5) is 6.60. The fourth-order valence-electron chi connectivity index (χ4n) is 1.32. The number of thiazole rings is 1. The molecule has 0 aliphatic rings. The Labute approximate surface area is 79.8 Å². The minimum atomic E-state index is 0.671. The van der Waals surface area contributed by atoms with E-state index in [1.54, 1.807) is 11.3 Å². The van der Waals surface area contributed by atoms with Crippen LogP contribution in [0.1, 0.15) is 10.6 Å². The van der Waals surface area contributed by atoms with Gasteiger partial charge in [0.2, 0.25) is 0 Å². The molecule has 0 unspecified atom stereocenters. The highest BCUT2D eigenvalue weighted by molar-refractivity contribution is 7.17. The third kappa shape index (κ3) is 1.13. The summed E-state index contributed by atoms with van der Waals surface area (Å²) >= 11 is 7.42. The van der Waals surface area contributed by atoms with Crippen molar-refractivity contribution < 1.29 is 0 Å². The normalized spacial score (nSPS) is 11.2. The molecule has 0 aromatic carbocycles. The first-order valence-corrected chi connectivity index (χ1v) is 5.15. The molecule has 0 aliphatic heterocycles. The van der Waals surface area contributed by atoms with Crippen molar-refractivity contribution >= 4 is 27.9 Å². The molecule has 2 rings (SSSR count). The van der Waals surface area contributed by atoms with E-state index < -0.39 is 0 Å². The summed E-state index contributed by atoms with van der Waals surface area (Å²) in [7, 11) is 0. The quantitative estimate of drug-likeness (QED) is 0.681. The van der Waals surface area contributed by atoms with Crippen LogP contribution in [0, 0.1) is 6.92 Å². The minimum Gasteiger partial charge on any atom is -0.294 e. The maximum Gasteiger partial charge on any atom is 0.194 e. The van der Waals surface area contributed by atoms with Crippen LogP contribution in [-0.2, 0) is 6.42 Å². The maximum absolute atomic E-state index is 5.70. The van der Waals surface area contributed by atoms with Crippen molar-refractivity contribution in [3.63, 3.8) is 0 Å². The van der Waals surface area contributed by atoms with Gasteiger partial charge in [-0.1, -0.05) is 0 Å². The Balaban J connectivity index is 2.59. The van der Waals surface area contributed by atoms with E-state index in [0.29, 0.717) is 5.88 Å². The summed E-state index contributed by atoms with van der Waals surface area (Å²) in [6.07, 6.45) is 4.73. The molecule has 12 heavy (non-hydrogen) atoms. The van der Waals surface area contributed by atoms with Gasteiger partial charge in [0, 0.05) is 35.3 Å². The van der Waals surface area contributed by atoms with Gasteiger partial charge in [-0.3, -0.25) is 4.40 Å². The second kappa shape index (κ2) is 3.07. The van der Waals surface area contributed by atoms with Gasteiger partial charge in [0.25, 0.3) is 0 Å². The molecular weight excluding hydrogens is 192 g/mol. The molecule has 2 aromatic rings. The average molecular weight is 201 g/mol. The summed E-state index contributed by atoms with van der Waals surface area (Å²) < 4.78 is 2.11. The molecular formula is C8H9ClN2S. The molecule has 0 saturated carbocycles. The van der Waals surface area contributed by atoms with Crippen LogP contribution >= 0.6 is 22.9 Å². The van der Waals surface area contributed by atoms with Crippen LogP contribution in [0.4, 0.5) is 0 Å². The average Bonchev–Trinajstić information content (AvgIpc) is 2.56. The van der Waals surface area contributed by atoms with Crippen LogP contribution in [0.2, 0.25) is 0 Å². The summed E-state index contributed by atoms with van der Waals surface area (Å²) in [5, 5.41) is 0. The highest BCUT2D eigenvalue weighted by Gasteiger charge is 2.07. The lowest BCUT2D eigenvalue weighted by atomic mass is 10.3. The molecule has 2 nitrogen and oxygen atoms in total. The topological polar surface area (TPSA) is 17.3 Å². The van der Waals surface area contributed by atoms with Gasteiger partial charge < -0.3 is 0 Å². The SMILES string of the molecule is Cc1sc2nccn2c1CCCl. The molecule has 2 heterocycles. The van der Waals surface area contributed by atoms with Crippen LogP contribution < -0.4 is 0 Å². The van der Waals surface area contributed by atoms with Gasteiger partial charge in [0.05, 0.1) is 0 Å². The lowest BCUT2D eigenvalue weighted by molar-refractivity contribution is 0.993. The molecule has 0 bridgehead atoms. The van der Waals surface area contributed by atoms with E-state index in [0.717, 1.165) is 11.4 Å². The Hall–Kier alpha value is -0.540.